The maximum absolute atomic E-state index is 13.4. The van der Waals surface area contributed by atoms with Crippen LogP contribution in [0.15, 0.2) is 24.4 Å². The molecule has 2 aromatic rings. The van der Waals surface area contributed by atoms with Crippen LogP contribution in [0.3, 0.4) is 0 Å². The average Bonchev–Trinajstić information content (AvgIpc) is 2.64. The van der Waals surface area contributed by atoms with Gasteiger partial charge < -0.3 is 9.88 Å². The Bertz CT molecular complexity index is 541. The van der Waals surface area contributed by atoms with Crippen LogP contribution >= 0.6 is 0 Å². The van der Waals surface area contributed by atoms with E-state index in [1.165, 1.54) is 6.07 Å². The van der Waals surface area contributed by atoms with E-state index < -0.39 is 0 Å². The summed E-state index contributed by atoms with van der Waals surface area (Å²) in [6.45, 7) is 9.28. The molecule has 0 bridgehead atoms. The number of nitrogens with zero attached hydrogens (tertiary/aromatic N) is 1. The van der Waals surface area contributed by atoms with E-state index in [1.807, 2.05) is 6.07 Å². The molecule has 0 aliphatic rings. The quantitative estimate of drug-likeness (QED) is 0.869. The summed E-state index contributed by atoms with van der Waals surface area (Å²) in [6.07, 6.45) is 2.13. The molecule has 1 heterocycles. The van der Waals surface area contributed by atoms with E-state index in [9.17, 15) is 4.39 Å². The Morgan fingerprint density at radius 1 is 1.22 bits per heavy atom. The summed E-state index contributed by atoms with van der Waals surface area (Å²) in [5.41, 5.74) is 2.26. The maximum atomic E-state index is 13.4. The van der Waals surface area contributed by atoms with Gasteiger partial charge in [-0.3, -0.25) is 0 Å². The van der Waals surface area contributed by atoms with Gasteiger partial charge in [-0.25, -0.2) is 4.39 Å². The molecule has 0 radical (unpaired) electrons. The molecule has 0 amide bonds. The summed E-state index contributed by atoms with van der Waals surface area (Å²) in [5.74, 6) is -0.171. The Hall–Kier alpha value is -1.35. The highest BCUT2D eigenvalue weighted by atomic mass is 19.1. The van der Waals surface area contributed by atoms with Gasteiger partial charge in [0.25, 0.3) is 0 Å². The molecule has 0 unspecified atom stereocenters. The zero-order chi connectivity index (χ0) is 13.3. The Morgan fingerprint density at radius 3 is 2.56 bits per heavy atom. The van der Waals surface area contributed by atoms with Gasteiger partial charge in [-0.15, -0.1) is 0 Å². The smallest absolute Gasteiger partial charge is 0.123 e. The van der Waals surface area contributed by atoms with Gasteiger partial charge in [0.2, 0.25) is 0 Å². The van der Waals surface area contributed by atoms with Crippen molar-refractivity contribution in [3.05, 3.63) is 35.8 Å². The second-order valence-electron chi connectivity index (χ2n) is 5.35. The highest BCUT2D eigenvalue weighted by Gasteiger charge is 2.11. The number of fused-ring (bicyclic) bond motifs is 1. The number of hydrogen-bond acceptors (Lipinski definition) is 1. The Balaban J connectivity index is 2.48. The van der Waals surface area contributed by atoms with E-state index >= 15 is 0 Å². The van der Waals surface area contributed by atoms with Crippen LogP contribution in [0.25, 0.3) is 10.9 Å². The van der Waals surface area contributed by atoms with E-state index in [-0.39, 0.29) is 5.82 Å². The molecule has 18 heavy (non-hydrogen) atoms. The minimum absolute atomic E-state index is 0.171. The van der Waals surface area contributed by atoms with Crippen LogP contribution in [-0.4, -0.2) is 10.6 Å². The van der Waals surface area contributed by atoms with Gasteiger partial charge in [0.1, 0.15) is 5.82 Å². The van der Waals surface area contributed by atoms with E-state index in [4.69, 9.17) is 0 Å². The molecule has 1 N–H and O–H groups in total. The molecule has 2 nitrogen and oxygen atoms in total. The summed E-state index contributed by atoms with van der Waals surface area (Å²) < 4.78 is 15.6. The fourth-order valence-corrected chi connectivity index (χ4v) is 2.18. The van der Waals surface area contributed by atoms with Crippen molar-refractivity contribution in [1.29, 1.82) is 0 Å². The second-order valence-corrected chi connectivity index (χ2v) is 5.35. The van der Waals surface area contributed by atoms with Gasteiger partial charge in [0.05, 0.1) is 0 Å². The molecule has 0 saturated carbocycles. The summed E-state index contributed by atoms with van der Waals surface area (Å²) in [5, 5.41) is 4.40. The van der Waals surface area contributed by atoms with Gasteiger partial charge in [0, 0.05) is 35.7 Å². The normalized spacial score (nSPS) is 11.9. The van der Waals surface area contributed by atoms with E-state index in [0.717, 1.165) is 23.0 Å². The van der Waals surface area contributed by atoms with Crippen molar-refractivity contribution in [3.63, 3.8) is 0 Å². The lowest BCUT2D eigenvalue weighted by Crippen LogP contribution is -2.21. The van der Waals surface area contributed by atoms with Gasteiger partial charge in [-0.1, -0.05) is 13.8 Å². The SMILES string of the molecule is CC(C)NCc1cn(C(C)C)c2ccc(F)cc12. The highest BCUT2D eigenvalue weighted by molar-refractivity contribution is 5.84. The van der Waals surface area contributed by atoms with Crippen LogP contribution in [0.2, 0.25) is 0 Å². The highest BCUT2D eigenvalue weighted by Crippen LogP contribution is 2.25. The Morgan fingerprint density at radius 2 is 1.94 bits per heavy atom. The number of aromatic nitrogens is 1. The van der Waals surface area contributed by atoms with Crippen molar-refractivity contribution in [2.45, 2.75) is 46.3 Å². The molecule has 0 aliphatic carbocycles. The predicted octanol–water partition coefficient (Wildman–Crippen LogP) is 3.86. The maximum Gasteiger partial charge on any atom is 0.123 e. The molecule has 2 rings (SSSR count). The van der Waals surface area contributed by atoms with E-state index in [1.54, 1.807) is 6.07 Å². The molecule has 1 aromatic heterocycles. The second kappa shape index (κ2) is 5.11. The third kappa shape index (κ3) is 2.56. The third-order valence-electron chi connectivity index (χ3n) is 3.13. The fraction of sp³-hybridized carbons (Fsp3) is 0.467. The van der Waals surface area contributed by atoms with Crippen molar-refractivity contribution in [2.75, 3.05) is 0 Å². The zero-order valence-electron chi connectivity index (χ0n) is 11.5. The molecule has 1 aromatic carbocycles. The van der Waals surface area contributed by atoms with E-state index in [0.29, 0.717) is 12.1 Å². The molecular formula is C15H21FN2. The molecule has 98 valence electrons. The lowest BCUT2D eigenvalue weighted by atomic mass is 10.1. The Kier molecular flexibility index (Phi) is 3.71. The van der Waals surface area contributed by atoms with Crippen LogP contribution in [0, 0.1) is 5.82 Å². The lowest BCUT2D eigenvalue weighted by molar-refractivity contribution is 0.583. The molecule has 0 saturated heterocycles. The minimum Gasteiger partial charge on any atom is -0.345 e. The third-order valence-corrected chi connectivity index (χ3v) is 3.13. The van der Waals surface area contributed by atoms with Crippen LogP contribution in [0.4, 0.5) is 4.39 Å². The van der Waals surface area contributed by atoms with Gasteiger partial charge in [-0.2, -0.15) is 0 Å². The monoisotopic (exact) mass is 248 g/mol. The fourth-order valence-electron chi connectivity index (χ4n) is 2.18. The van der Waals surface area contributed by atoms with Crippen LogP contribution < -0.4 is 5.32 Å². The molecule has 0 fully saturated rings. The summed E-state index contributed by atoms with van der Waals surface area (Å²) in [6, 6.07) is 5.83. The number of hydrogen-bond donors (Lipinski definition) is 1. The zero-order valence-corrected chi connectivity index (χ0v) is 11.5. The van der Waals surface area contributed by atoms with E-state index in [2.05, 4.69) is 43.8 Å². The summed E-state index contributed by atoms with van der Waals surface area (Å²) in [7, 11) is 0. The predicted molar refractivity (Wildman–Crippen MR) is 74.3 cm³/mol. The number of benzene rings is 1. The number of halogens is 1. The largest absolute Gasteiger partial charge is 0.345 e. The standard InChI is InChI=1S/C15H21FN2/c1-10(2)17-8-12-9-18(11(3)4)15-6-5-13(16)7-14(12)15/h5-7,9-11,17H,8H2,1-4H3. The van der Waals surface area contributed by atoms with Crippen molar-refractivity contribution in [3.8, 4) is 0 Å². The van der Waals surface area contributed by atoms with Crippen LogP contribution in [0.1, 0.15) is 39.3 Å². The van der Waals surface area contributed by atoms with Crippen molar-refractivity contribution in [1.82, 2.24) is 9.88 Å². The minimum atomic E-state index is -0.171. The van der Waals surface area contributed by atoms with Crippen molar-refractivity contribution in [2.24, 2.45) is 0 Å². The average molecular weight is 248 g/mol. The molecule has 0 aliphatic heterocycles. The molecule has 3 heteroatoms. The summed E-state index contributed by atoms with van der Waals surface area (Å²) in [4.78, 5) is 0. The first-order valence-corrected chi connectivity index (χ1v) is 6.51. The first-order chi connectivity index (χ1) is 8.49. The first-order valence-electron chi connectivity index (χ1n) is 6.51. The molecular weight excluding hydrogens is 227 g/mol. The van der Waals surface area contributed by atoms with Crippen LogP contribution in [0.5, 0.6) is 0 Å². The van der Waals surface area contributed by atoms with Gasteiger partial charge >= 0.3 is 0 Å². The van der Waals surface area contributed by atoms with Gasteiger partial charge in [0.15, 0.2) is 0 Å². The number of rotatable bonds is 4. The van der Waals surface area contributed by atoms with Gasteiger partial charge in [-0.05, 0) is 37.6 Å². The topological polar surface area (TPSA) is 17.0 Å². The summed E-state index contributed by atoms with van der Waals surface area (Å²) >= 11 is 0. The molecule has 0 spiro atoms. The lowest BCUT2D eigenvalue weighted by Gasteiger charge is -2.08. The number of nitrogens with one attached hydrogen (secondary N) is 1. The Labute approximate surface area is 108 Å². The molecule has 0 atom stereocenters. The van der Waals surface area contributed by atoms with Crippen molar-refractivity contribution < 1.29 is 4.39 Å². The van der Waals surface area contributed by atoms with Crippen LogP contribution in [-0.2, 0) is 6.54 Å². The van der Waals surface area contributed by atoms with Crippen molar-refractivity contribution >= 4 is 10.9 Å². The first kappa shape index (κ1) is 13.1.